The van der Waals surface area contributed by atoms with Crippen molar-refractivity contribution in [2.45, 2.75) is 0 Å². The molecular formula is C15H14O4S2. The van der Waals surface area contributed by atoms with Gasteiger partial charge in [0.05, 0.1) is 14.2 Å². The van der Waals surface area contributed by atoms with Gasteiger partial charge in [-0.05, 0) is 34.7 Å². The second-order valence-corrected chi connectivity index (χ2v) is 7.59. The molecule has 0 unspecified atom stereocenters. The Balaban J connectivity index is 2.33. The van der Waals surface area contributed by atoms with Crippen LogP contribution in [0.1, 0.15) is 10.4 Å². The first-order valence-corrected chi connectivity index (χ1v) is 9.04. The van der Waals surface area contributed by atoms with E-state index in [0.29, 0.717) is 11.5 Å². The summed E-state index contributed by atoms with van der Waals surface area (Å²) in [4.78, 5) is 0.964. The highest BCUT2D eigenvalue weighted by molar-refractivity contribution is 7.93. The summed E-state index contributed by atoms with van der Waals surface area (Å²) in [6.07, 6.45) is 1.20. The molecule has 0 radical (unpaired) electrons. The Morgan fingerprint density at radius 1 is 1.05 bits per heavy atom. The van der Waals surface area contributed by atoms with Gasteiger partial charge in [0.1, 0.15) is 0 Å². The maximum Gasteiger partial charge on any atom is 0.169 e. The van der Waals surface area contributed by atoms with Crippen molar-refractivity contribution < 1.29 is 17.9 Å². The fraction of sp³-hybridized carbons (Fsp3) is 0.200. The number of rotatable bonds is 3. The number of ether oxygens (including phenoxy) is 2. The van der Waals surface area contributed by atoms with Gasteiger partial charge in [0.2, 0.25) is 0 Å². The average Bonchev–Trinajstić information content (AvgIpc) is 2.99. The van der Waals surface area contributed by atoms with Crippen LogP contribution in [-0.2, 0) is 9.84 Å². The van der Waals surface area contributed by atoms with Gasteiger partial charge in [-0.2, -0.15) is 0 Å². The summed E-state index contributed by atoms with van der Waals surface area (Å²) in [5, 5.41) is 3.28. The van der Waals surface area contributed by atoms with Crippen LogP contribution in [0.25, 0.3) is 16.7 Å². The zero-order chi connectivity index (χ0) is 15.2. The van der Waals surface area contributed by atoms with Crippen molar-refractivity contribution >= 4 is 26.7 Å². The van der Waals surface area contributed by atoms with E-state index in [1.54, 1.807) is 14.2 Å². The minimum Gasteiger partial charge on any atom is -0.493 e. The van der Waals surface area contributed by atoms with Gasteiger partial charge in [0, 0.05) is 27.7 Å². The fourth-order valence-electron chi connectivity index (χ4n) is 2.51. The van der Waals surface area contributed by atoms with Gasteiger partial charge in [-0.3, -0.25) is 0 Å². The largest absolute Gasteiger partial charge is 0.493 e. The molecule has 2 aromatic rings. The molecule has 0 saturated heterocycles. The predicted octanol–water partition coefficient (Wildman–Crippen LogP) is 3.18. The molecule has 4 nitrogen and oxygen atoms in total. The van der Waals surface area contributed by atoms with Crippen molar-refractivity contribution in [2.24, 2.45) is 0 Å². The number of methoxy groups -OCH3 is 2. The van der Waals surface area contributed by atoms with Crippen LogP contribution >= 0.6 is 11.3 Å². The lowest BCUT2D eigenvalue weighted by Gasteiger charge is -2.11. The molecule has 1 heterocycles. The Labute approximate surface area is 127 Å². The molecule has 21 heavy (non-hydrogen) atoms. The van der Waals surface area contributed by atoms with E-state index in [1.807, 2.05) is 23.6 Å². The summed E-state index contributed by atoms with van der Waals surface area (Å²) in [7, 11) is -0.0848. The van der Waals surface area contributed by atoms with Crippen molar-refractivity contribution in [2.75, 3.05) is 20.5 Å². The Kier molecular flexibility index (Phi) is 3.30. The third-order valence-corrected chi connectivity index (χ3v) is 4.96. The van der Waals surface area contributed by atoms with Gasteiger partial charge in [-0.1, -0.05) is 0 Å². The molecule has 0 N–H and O–H groups in total. The quantitative estimate of drug-likeness (QED) is 0.743. The zero-order valence-electron chi connectivity index (χ0n) is 11.8. The average molecular weight is 322 g/mol. The lowest BCUT2D eigenvalue weighted by atomic mass is 10.1. The van der Waals surface area contributed by atoms with Crippen LogP contribution in [0.4, 0.5) is 0 Å². The highest BCUT2D eigenvalue weighted by atomic mass is 32.2. The monoisotopic (exact) mass is 322 g/mol. The second kappa shape index (κ2) is 4.89. The number of hydrogen-bond acceptors (Lipinski definition) is 5. The standard InChI is InChI=1S/C15H14O4S2/c1-18-13-6-10-9-4-5-20-15(9)12(8-21(3,16)17)11(10)7-14(13)19-2/h4-8H,1-3H3/b12-8-. The predicted molar refractivity (Wildman–Crippen MR) is 84.8 cm³/mol. The van der Waals surface area contributed by atoms with Crippen molar-refractivity contribution in [3.8, 4) is 22.6 Å². The molecule has 0 atom stereocenters. The zero-order valence-corrected chi connectivity index (χ0v) is 13.5. The second-order valence-electron chi connectivity index (χ2n) is 4.78. The maximum atomic E-state index is 11.7. The van der Waals surface area contributed by atoms with Gasteiger partial charge < -0.3 is 9.47 Å². The van der Waals surface area contributed by atoms with E-state index in [2.05, 4.69) is 0 Å². The Morgan fingerprint density at radius 3 is 2.24 bits per heavy atom. The van der Waals surface area contributed by atoms with E-state index >= 15 is 0 Å². The van der Waals surface area contributed by atoms with Gasteiger partial charge >= 0.3 is 0 Å². The Hall–Kier alpha value is -1.79. The molecule has 0 spiro atoms. The molecule has 0 aliphatic heterocycles. The molecule has 0 amide bonds. The summed E-state index contributed by atoms with van der Waals surface area (Å²) in [5.41, 5.74) is 3.59. The molecule has 6 heteroatoms. The van der Waals surface area contributed by atoms with Crippen molar-refractivity contribution in [3.63, 3.8) is 0 Å². The molecular weight excluding hydrogens is 308 g/mol. The van der Waals surface area contributed by atoms with E-state index in [1.165, 1.54) is 23.0 Å². The minimum atomic E-state index is -3.23. The number of sulfone groups is 1. The molecule has 0 fully saturated rings. The highest BCUT2D eigenvalue weighted by Gasteiger charge is 2.28. The summed E-state index contributed by atoms with van der Waals surface area (Å²) in [6.45, 7) is 0. The van der Waals surface area contributed by atoms with Crippen LogP contribution in [0.2, 0.25) is 0 Å². The van der Waals surface area contributed by atoms with Crippen molar-refractivity contribution in [1.82, 2.24) is 0 Å². The van der Waals surface area contributed by atoms with Crippen LogP contribution in [0, 0.1) is 0 Å². The van der Waals surface area contributed by atoms with Crippen LogP contribution < -0.4 is 9.47 Å². The van der Waals surface area contributed by atoms with Crippen molar-refractivity contribution in [1.29, 1.82) is 0 Å². The smallest absolute Gasteiger partial charge is 0.169 e. The van der Waals surface area contributed by atoms with Crippen LogP contribution in [0.5, 0.6) is 11.5 Å². The van der Waals surface area contributed by atoms with Crippen LogP contribution in [0.15, 0.2) is 29.0 Å². The summed E-state index contributed by atoms with van der Waals surface area (Å²) >= 11 is 1.53. The number of fused-ring (bicyclic) bond motifs is 3. The summed E-state index contributed by atoms with van der Waals surface area (Å²) in [6, 6.07) is 5.72. The maximum absolute atomic E-state index is 11.7. The summed E-state index contributed by atoms with van der Waals surface area (Å²) in [5.74, 6) is 1.22. The number of thiophene rings is 1. The minimum absolute atomic E-state index is 0.589. The first-order chi connectivity index (χ1) is 9.94. The lowest BCUT2D eigenvalue weighted by molar-refractivity contribution is 0.355. The van der Waals surface area contributed by atoms with E-state index in [-0.39, 0.29) is 0 Å². The molecule has 0 saturated carbocycles. The van der Waals surface area contributed by atoms with E-state index < -0.39 is 9.84 Å². The third kappa shape index (κ3) is 2.34. The first-order valence-electron chi connectivity index (χ1n) is 6.21. The highest BCUT2D eigenvalue weighted by Crippen LogP contribution is 2.50. The third-order valence-electron chi connectivity index (χ3n) is 3.35. The summed E-state index contributed by atoms with van der Waals surface area (Å²) < 4.78 is 34.0. The number of hydrogen-bond donors (Lipinski definition) is 0. The van der Waals surface area contributed by atoms with Gasteiger partial charge in [-0.15, -0.1) is 11.3 Å². The van der Waals surface area contributed by atoms with Crippen LogP contribution in [0.3, 0.4) is 0 Å². The van der Waals surface area contributed by atoms with Gasteiger partial charge in [0.15, 0.2) is 21.3 Å². The van der Waals surface area contributed by atoms with Gasteiger partial charge in [0.25, 0.3) is 0 Å². The first kappa shape index (κ1) is 14.2. The molecule has 1 aliphatic rings. The molecule has 1 aliphatic carbocycles. The molecule has 3 rings (SSSR count). The SMILES string of the molecule is COc1cc2c(cc1OC)-c1ccsc1/C2=C\S(C)(=O)=O. The lowest BCUT2D eigenvalue weighted by Crippen LogP contribution is -1.94. The molecule has 0 bridgehead atoms. The van der Waals surface area contributed by atoms with Crippen molar-refractivity contribution in [3.05, 3.63) is 39.4 Å². The Bertz CT molecular complexity index is 845. The van der Waals surface area contributed by atoms with Crippen LogP contribution in [-0.4, -0.2) is 28.9 Å². The van der Waals surface area contributed by atoms with E-state index in [4.69, 9.17) is 9.47 Å². The molecule has 1 aromatic heterocycles. The molecule has 1 aromatic carbocycles. The topological polar surface area (TPSA) is 52.6 Å². The van der Waals surface area contributed by atoms with E-state index in [0.717, 1.165) is 27.1 Å². The Morgan fingerprint density at radius 2 is 1.67 bits per heavy atom. The van der Waals surface area contributed by atoms with E-state index in [9.17, 15) is 8.42 Å². The number of benzene rings is 1. The molecule has 110 valence electrons. The van der Waals surface area contributed by atoms with Gasteiger partial charge in [-0.25, -0.2) is 8.42 Å². The normalized spacial score (nSPS) is 14.9. The fourth-order valence-corrected chi connectivity index (χ4v) is 4.20.